The number of aromatic nitrogens is 1. The fourth-order valence-corrected chi connectivity index (χ4v) is 3.17. The molecule has 1 unspecified atom stereocenters. The van der Waals surface area contributed by atoms with E-state index in [-0.39, 0.29) is 0 Å². The summed E-state index contributed by atoms with van der Waals surface area (Å²) < 4.78 is 5.48. The normalized spacial score (nSPS) is 12.8. The van der Waals surface area contributed by atoms with Gasteiger partial charge in [-0.3, -0.25) is 4.98 Å². The lowest BCUT2D eigenvalue weighted by Crippen LogP contribution is -2.30. The number of esters is 1. The van der Waals surface area contributed by atoms with Crippen LogP contribution in [0.15, 0.2) is 42.6 Å². The third kappa shape index (κ3) is 6.71. The van der Waals surface area contributed by atoms with Gasteiger partial charge in [-0.25, -0.2) is 4.79 Å². The van der Waals surface area contributed by atoms with Gasteiger partial charge in [-0.1, -0.05) is 52.0 Å². The summed E-state index contributed by atoms with van der Waals surface area (Å²) in [5.74, 6) is -0.0367. The zero-order chi connectivity index (χ0) is 21.1. The predicted molar refractivity (Wildman–Crippen MR) is 116 cm³/mol. The Bertz CT molecular complexity index is 806. The second-order valence-electron chi connectivity index (χ2n) is 7.82. The SMILES string of the molecule is CCCCCc1ccc(-c2ccc(OC(=O)C(C)(C#N)CCCCC)cc2)nc1. The fraction of sp³-hybridized carbons (Fsp3) is 0.480. The summed E-state index contributed by atoms with van der Waals surface area (Å²) in [7, 11) is 0. The number of hydrogen-bond donors (Lipinski definition) is 0. The molecule has 4 nitrogen and oxygen atoms in total. The van der Waals surface area contributed by atoms with E-state index in [1.165, 1.54) is 24.8 Å². The lowest BCUT2D eigenvalue weighted by atomic mass is 9.86. The Kier molecular flexibility index (Phi) is 8.86. The van der Waals surface area contributed by atoms with Crippen molar-refractivity contribution in [2.45, 2.75) is 72.1 Å². The molecule has 154 valence electrons. The molecule has 0 N–H and O–H groups in total. The van der Waals surface area contributed by atoms with Gasteiger partial charge in [0.1, 0.15) is 5.75 Å². The van der Waals surface area contributed by atoms with Gasteiger partial charge < -0.3 is 4.74 Å². The number of pyridine rings is 1. The van der Waals surface area contributed by atoms with Crippen molar-refractivity contribution in [2.24, 2.45) is 5.41 Å². The minimum atomic E-state index is -1.11. The zero-order valence-electron chi connectivity index (χ0n) is 17.9. The van der Waals surface area contributed by atoms with Crippen LogP contribution >= 0.6 is 0 Å². The van der Waals surface area contributed by atoms with Gasteiger partial charge in [0.05, 0.1) is 11.8 Å². The lowest BCUT2D eigenvalue weighted by molar-refractivity contribution is -0.142. The Morgan fingerprint density at radius 3 is 2.31 bits per heavy atom. The molecular weight excluding hydrogens is 360 g/mol. The quantitative estimate of drug-likeness (QED) is 0.249. The van der Waals surface area contributed by atoms with Crippen LogP contribution in [-0.4, -0.2) is 11.0 Å². The average molecular weight is 393 g/mol. The Hall–Kier alpha value is -2.67. The Labute approximate surface area is 174 Å². The van der Waals surface area contributed by atoms with Crippen LogP contribution in [0.5, 0.6) is 5.75 Å². The van der Waals surface area contributed by atoms with Crippen molar-refractivity contribution in [1.82, 2.24) is 4.98 Å². The van der Waals surface area contributed by atoms with Crippen LogP contribution in [0.25, 0.3) is 11.3 Å². The highest BCUT2D eigenvalue weighted by atomic mass is 16.5. The van der Waals surface area contributed by atoms with Gasteiger partial charge in [-0.05, 0) is 62.1 Å². The zero-order valence-corrected chi connectivity index (χ0v) is 17.9. The van der Waals surface area contributed by atoms with Crippen LogP contribution in [0, 0.1) is 16.7 Å². The number of carbonyl (C=O) groups is 1. The van der Waals surface area contributed by atoms with Gasteiger partial charge in [0.15, 0.2) is 5.41 Å². The van der Waals surface area contributed by atoms with Gasteiger partial charge >= 0.3 is 5.97 Å². The minimum Gasteiger partial charge on any atom is -0.425 e. The van der Waals surface area contributed by atoms with Gasteiger partial charge in [0.2, 0.25) is 0 Å². The number of carbonyl (C=O) groups excluding carboxylic acids is 1. The Morgan fingerprint density at radius 1 is 1.03 bits per heavy atom. The van der Waals surface area contributed by atoms with Crippen LogP contribution < -0.4 is 4.74 Å². The van der Waals surface area contributed by atoms with Crippen molar-refractivity contribution in [2.75, 3.05) is 0 Å². The first-order chi connectivity index (χ1) is 14.0. The predicted octanol–water partition coefficient (Wildman–Crippen LogP) is 6.50. The summed E-state index contributed by atoms with van der Waals surface area (Å²) in [6, 6.07) is 13.6. The molecule has 1 atom stereocenters. The van der Waals surface area contributed by atoms with E-state index in [1.54, 1.807) is 19.1 Å². The van der Waals surface area contributed by atoms with E-state index in [0.717, 1.165) is 36.9 Å². The molecule has 4 heteroatoms. The van der Waals surface area contributed by atoms with Gasteiger partial charge in [0.25, 0.3) is 0 Å². The molecule has 0 saturated heterocycles. The number of unbranched alkanes of at least 4 members (excludes halogenated alkanes) is 4. The molecule has 0 radical (unpaired) electrons. The number of aryl methyl sites for hydroxylation is 1. The van der Waals surface area contributed by atoms with E-state index in [1.807, 2.05) is 24.4 Å². The summed E-state index contributed by atoms with van der Waals surface area (Å²) >= 11 is 0. The van der Waals surface area contributed by atoms with E-state index in [2.05, 4.69) is 31.0 Å². The van der Waals surface area contributed by atoms with Gasteiger partial charge in [-0.2, -0.15) is 5.26 Å². The number of nitrogens with zero attached hydrogens (tertiary/aromatic N) is 2. The highest BCUT2D eigenvalue weighted by molar-refractivity contribution is 5.81. The molecule has 0 aliphatic heterocycles. The first-order valence-electron chi connectivity index (χ1n) is 10.7. The highest BCUT2D eigenvalue weighted by Crippen LogP contribution is 2.28. The van der Waals surface area contributed by atoms with Crippen LogP contribution in [0.2, 0.25) is 0 Å². The van der Waals surface area contributed by atoms with Crippen molar-refractivity contribution < 1.29 is 9.53 Å². The van der Waals surface area contributed by atoms with Crippen molar-refractivity contribution in [1.29, 1.82) is 5.26 Å². The topological polar surface area (TPSA) is 63.0 Å². The number of ether oxygens (including phenoxy) is 1. The number of benzene rings is 1. The largest absolute Gasteiger partial charge is 0.425 e. The van der Waals surface area contributed by atoms with E-state index < -0.39 is 11.4 Å². The molecule has 0 fully saturated rings. The van der Waals surface area contributed by atoms with Crippen molar-refractivity contribution in [3.8, 4) is 23.1 Å². The number of rotatable bonds is 11. The molecule has 1 heterocycles. The van der Waals surface area contributed by atoms with Gasteiger partial charge in [-0.15, -0.1) is 0 Å². The maximum absolute atomic E-state index is 12.5. The molecule has 0 amide bonds. The average Bonchev–Trinajstić information content (AvgIpc) is 2.75. The second kappa shape index (κ2) is 11.4. The third-order valence-corrected chi connectivity index (χ3v) is 5.23. The van der Waals surface area contributed by atoms with E-state index >= 15 is 0 Å². The molecule has 2 aromatic rings. The van der Waals surface area contributed by atoms with Crippen LogP contribution in [0.1, 0.15) is 71.3 Å². The third-order valence-electron chi connectivity index (χ3n) is 5.23. The molecule has 0 bridgehead atoms. The maximum Gasteiger partial charge on any atom is 0.331 e. The first kappa shape index (κ1) is 22.6. The summed E-state index contributed by atoms with van der Waals surface area (Å²) in [6.45, 7) is 5.96. The molecule has 0 aliphatic carbocycles. The fourth-order valence-electron chi connectivity index (χ4n) is 3.17. The number of hydrogen-bond acceptors (Lipinski definition) is 4. The van der Waals surface area contributed by atoms with E-state index in [9.17, 15) is 10.1 Å². The lowest BCUT2D eigenvalue weighted by Gasteiger charge is -2.19. The molecule has 0 aliphatic rings. The van der Waals surface area contributed by atoms with Crippen LogP contribution in [0.3, 0.4) is 0 Å². The highest BCUT2D eigenvalue weighted by Gasteiger charge is 2.35. The summed E-state index contributed by atoms with van der Waals surface area (Å²) in [5, 5.41) is 9.46. The molecule has 0 saturated carbocycles. The molecule has 1 aromatic heterocycles. The second-order valence-corrected chi connectivity index (χ2v) is 7.82. The van der Waals surface area contributed by atoms with Gasteiger partial charge in [0, 0.05) is 11.8 Å². The van der Waals surface area contributed by atoms with Crippen molar-refractivity contribution in [3.63, 3.8) is 0 Å². The molecule has 2 rings (SSSR count). The summed E-state index contributed by atoms with van der Waals surface area (Å²) in [5.41, 5.74) is 2.01. The number of nitriles is 1. The Morgan fingerprint density at radius 2 is 1.72 bits per heavy atom. The van der Waals surface area contributed by atoms with Crippen molar-refractivity contribution in [3.05, 3.63) is 48.2 Å². The summed E-state index contributed by atoms with van der Waals surface area (Å²) in [4.78, 5) is 17.1. The molecule has 0 spiro atoms. The van der Waals surface area contributed by atoms with E-state index in [4.69, 9.17) is 4.74 Å². The molecular formula is C25H32N2O2. The maximum atomic E-state index is 12.5. The monoisotopic (exact) mass is 392 g/mol. The minimum absolute atomic E-state index is 0.451. The van der Waals surface area contributed by atoms with E-state index in [0.29, 0.717) is 12.2 Å². The summed E-state index contributed by atoms with van der Waals surface area (Å²) in [6.07, 6.45) is 10.1. The molecule has 1 aromatic carbocycles. The van der Waals surface area contributed by atoms with Crippen molar-refractivity contribution >= 4 is 5.97 Å². The smallest absolute Gasteiger partial charge is 0.331 e. The first-order valence-corrected chi connectivity index (χ1v) is 10.7. The van der Waals surface area contributed by atoms with Crippen LogP contribution in [0.4, 0.5) is 0 Å². The molecule has 29 heavy (non-hydrogen) atoms. The Balaban J connectivity index is 1.99. The standard InChI is InChI=1S/C25H32N2O2/c1-4-6-8-10-20-11-16-23(27-18-20)21-12-14-22(15-13-21)29-24(28)25(3,19-26)17-9-7-5-2/h11-16,18H,4-10,17H2,1-3H3. The van der Waals surface area contributed by atoms with Crippen LogP contribution in [-0.2, 0) is 11.2 Å².